The van der Waals surface area contributed by atoms with Gasteiger partial charge in [-0.3, -0.25) is 4.79 Å². The highest BCUT2D eigenvalue weighted by Gasteiger charge is 2.39. The number of hydrogen-bond acceptors (Lipinski definition) is 2. The van der Waals surface area contributed by atoms with Gasteiger partial charge in [0.15, 0.2) is 0 Å². The maximum atomic E-state index is 12.4. The smallest absolute Gasteiger partial charge is 0.251 e. The molecule has 1 spiro atoms. The van der Waals surface area contributed by atoms with E-state index in [1.807, 2.05) is 0 Å². The van der Waals surface area contributed by atoms with Gasteiger partial charge < -0.3 is 9.64 Å². The summed E-state index contributed by atoms with van der Waals surface area (Å²) in [5, 5.41) is 0. The zero-order chi connectivity index (χ0) is 12.4. The number of carbonyl (C=O) groups excluding carboxylic acids is 1. The molecule has 0 aromatic rings. The molecule has 2 atom stereocenters. The third-order valence-electron chi connectivity index (χ3n) is 4.74. The minimum atomic E-state index is -0.140. The first-order chi connectivity index (χ1) is 8.79. The lowest BCUT2D eigenvalue weighted by Gasteiger charge is -2.44. The monoisotopic (exact) mass is 249 g/mol. The summed E-state index contributed by atoms with van der Waals surface area (Å²) in [6.07, 6.45) is 12.4. The van der Waals surface area contributed by atoms with Crippen molar-refractivity contribution in [3.63, 3.8) is 0 Å². The van der Waals surface area contributed by atoms with E-state index in [1.54, 1.807) is 0 Å². The third-order valence-corrected chi connectivity index (χ3v) is 4.74. The van der Waals surface area contributed by atoms with Crippen molar-refractivity contribution in [3.8, 4) is 0 Å². The number of nitrogens with zero attached hydrogens (tertiary/aromatic N) is 1. The molecule has 0 N–H and O–H groups in total. The summed E-state index contributed by atoms with van der Waals surface area (Å²) in [5.74, 6) is 0.251. The molecule has 2 heterocycles. The molecule has 3 rings (SSSR count). The SMILES string of the molecule is O=C([C@@H]1CCCO1)N1CCC[C@]2(CC=CCC2)C1. The van der Waals surface area contributed by atoms with Crippen LogP contribution in [0, 0.1) is 5.41 Å². The Morgan fingerprint density at radius 2 is 2.22 bits per heavy atom. The molecular weight excluding hydrogens is 226 g/mol. The number of piperidine rings is 1. The zero-order valence-electron chi connectivity index (χ0n) is 11.1. The normalized spacial score (nSPS) is 36.2. The number of rotatable bonds is 1. The standard InChI is InChI=1S/C15H23NO2/c17-14(13-6-4-11-18-13)16-10-5-9-15(12-16)7-2-1-3-8-15/h1-2,13H,3-12H2/t13-,15+/m0/s1. The Morgan fingerprint density at radius 1 is 1.28 bits per heavy atom. The number of ether oxygens (including phenoxy) is 1. The van der Waals surface area contributed by atoms with Gasteiger partial charge in [0.1, 0.15) is 6.10 Å². The number of likely N-dealkylation sites (tertiary alicyclic amines) is 1. The van der Waals surface area contributed by atoms with Crippen LogP contribution in [-0.4, -0.2) is 36.6 Å². The summed E-state index contributed by atoms with van der Waals surface area (Å²) >= 11 is 0. The van der Waals surface area contributed by atoms with Crippen molar-refractivity contribution in [3.05, 3.63) is 12.2 Å². The van der Waals surface area contributed by atoms with E-state index in [4.69, 9.17) is 4.74 Å². The van der Waals surface area contributed by atoms with E-state index in [0.29, 0.717) is 5.41 Å². The molecular formula is C15H23NO2. The molecule has 2 aliphatic heterocycles. The molecule has 0 aromatic heterocycles. The molecule has 0 bridgehead atoms. The maximum absolute atomic E-state index is 12.4. The summed E-state index contributed by atoms with van der Waals surface area (Å²) in [7, 11) is 0. The molecule has 1 aliphatic carbocycles. The van der Waals surface area contributed by atoms with E-state index in [9.17, 15) is 4.79 Å². The fourth-order valence-corrected chi connectivity index (χ4v) is 3.69. The first kappa shape index (κ1) is 12.2. The summed E-state index contributed by atoms with van der Waals surface area (Å²) in [5.41, 5.74) is 0.376. The topological polar surface area (TPSA) is 29.5 Å². The van der Waals surface area contributed by atoms with Crippen molar-refractivity contribution in [2.75, 3.05) is 19.7 Å². The second-order valence-electron chi connectivity index (χ2n) is 6.08. The van der Waals surface area contributed by atoms with Crippen LogP contribution in [0.1, 0.15) is 44.9 Å². The van der Waals surface area contributed by atoms with Gasteiger partial charge in [-0.05, 0) is 50.4 Å². The van der Waals surface area contributed by atoms with E-state index >= 15 is 0 Å². The Kier molecular flexibility index (Phi) is 3.42. The largest absolute Gasteiger partial charge is 0.368 e. The first-order valence-corrected chi connectivity index (χ1v) is 7.35. The van der Waals surface area contributed by atoms with Gasteiger partial charge in [-0.15, -0.1) is 0 Å². The lowest BCUT2D eigenvalue weighted by molar-refractivity contribution is -0.144. The van der Waals surface area contributed by atoms with Crippen LogP contribution in [0.25, 0.3) is 0 Å². The molecule has 0 saturated carbocycles. The third kappa shape index (κ3) is 2.33. The van der Waals surface area contributed by atoms with Gasteiger partial charge in [0, 0.05) is 19.7 Å². The van der Waals surface area contributed by atoms with Crippen molar-refractivity contribution < 1.29 is 9.53 Å². The van der Waals surface area contributed by atoms with Crippen molar-refractivity contribution >= 4 is 5.91 Å². The number of allylic oxidation sites excluding steroid dienone is 2. The second-order valence-corrected chi connectivity index (χ2v) is 6.08. The quantitative estimate of drug-likeness (QED) is 0.668. The Labute approximate surface area is 109 Å². The zero-order valence-corrected chi connectivity index (χ0v) is 11.1. The van der Waals surface area contributed by atoms with Crippen molar-refractivity contribution in [2.24, 2.45) is 5.41 Å². The molecule has 2 fully saturated rings. The molecule has 100 valence electrons. The minimum Gasteiger partial charge on any atom is -0.368 e. The van der Waals surface area contributed by atoms with E-state index in [1.165, 1.54) is 19.3 Å². The summed E-state index contributed by atoms with van der Waals surface area (Å²) < 4.78 is 5.54. The van der Waals surface area contributed by atoms with E-state index in [2.05, 4.69) is 17.1 Å². The molecule has 0 radical (unpaired) electrons. The van der Waals surface area contributed by atoms with Crippen LogP contribution in [0.4, 0.5) is 0 Å². The lowest BCUT2D eigenvalue weighted by atomic mass is 9.71. The van der Waals surface area contributed by atoms with E-state index in [-0.39, 0.29) is 12.0 Å². The molecule has 3 heteroatoms. The van der Waals surface area contributed by atoms with Gasteiger partial charge in [-0.1, -0.05) is 12.2 Å². The highest BCUT2D eigenvalue weighted by atomic mass is 16.5. The average Bonchev–Trinajstić information content (AvgIpc) is 2.93. The van der Waals surface area contributed by atoms with Gasteiger partial charge >= 0.3 is 0 Å². The highest BCUT2D eigenvalue weighted by molar-refractivity contribution is 5.81. The number of hydrogen-bond donors (Lipinski definition) is 0. The molecule has 2 saturated heterocycles. The lowest BCUT2D eigenvalue weighted by Crippen LogP contribution is -2.49. The van der Waals surface area contributed by atoms with Gasteiger partial charge in [0.25, 0.3) is 5.91 Å². The van der Waals surface area contributed by atoms with Crippen molar-refractivity contribution in [1.82, 2.24) is 4.90 Å². The number of amides is 1. The van der Waals surface area contributed by atoms with Crippen LogP contribution < -0.4 is 0 Å². The van der Waals surface area contributed by atoms with Crippen LogP contribution in [0.3, 0.4) is 0 Å². The van der Waals surface area contributed by atoms with Gasteiger partial charge in [0.2, 0.25) is 0 Å². The van der Waals surface area contributed by atoms with E-state index in [0.717, 1.165) is 45.4 Å². The summed E-state index contributed by atoms with van der Waals surface area (Å²) in [6.45, 7) is 2.65. The van der Waals surface area contributed by atoms with Gasteiger partial charge in [-0.2, -0.15) is 0 Å². The fourth-order valence-electron chi connectivity index (χ4n) is 3.69. The van der Waals surface area contributed by atoms with Crippen LogP contribution in [0.15, 0.2) is 12.2 Å². The van der Waals surface area contributed by atoms with Gasteiger partial charge in [-0.25, -0.2) is 0 Å². The summed E-state index contributed by atoms with van der Waals surface area (Å²) in [6, 6.07) is 0. The molecule has 1 amide bonds. The van der Waals surface area contributed by atoms with Gasteiger partial charge in [0.05, 0.1) is 0 Å². The Hall–Kier alpha value is -0.830. The van der Waals surface area contributed by atoms with Crippen LogP contribution in [0.5, 0.6) is 0 Å². The predicted molar refractivity (Wildman–Crippen MR) is 70.2 cm³/mol. The molecule has 3 nitrogen and oxygen atoms in total. The molecule has 18 heavy (non-hydrogen) atoms. The molecule has 3 aliphatic rings. The first-order valence-electron chi connectivity index (χ1n) is 7.35. The van der Waals surface area contributed by atoms with E-state index < -0.39 is 0 Å². The molecule has 0 aromatic carbocycles. The minimum absolute atomic E-state index is 0.140. The highest BCUT2D eigenvalue weighted by Crippen LogP contribution is 2.41. The number of carbonyl (C=O) groups is 1. The fraction of sp³-hybridized carbons (Fsp3) is 0.800. The molecule has 0 unspecified atom stereocenters. The Bertz CT molecular complexity index is 346. The Balaban J connectivity index is 1.66. The van der Waals surface area contributed by atoms with Crippen LogP contribution in [0.2, 0.25) is 0 Å². The average molecular weight is 249 g/mol. The van der Waals surface area contributed by atoms with Crippen LogP contribution in [-0.2, 0) is 9.53 Å². The van der Waals surface area contributed by atoms with Crippen molar-refractivity contribution in [1.29, 1.82) is 0 Å². The Morgan fingerprint density at radius 3 is 2.94 bits per heavy atom. The second kappa shape index (κ2) is 5.04. The van der Waals surface area contributed by atoms with Crippen LogP contribution >= 0.6 is 0 Å². The maximum Gasteiger partial charge on any atom is 0.251 e. The predicted octanol–water partition coefficient (Wildman–Crippen LogP) is 2.51. The van der Waals surface area contributed by atoms with Crippen molar-refractivity contribution in [2.45, 2.75) is 51.0 Å². The summed E-state index contributed by atoms with van der Waals surface area (Å²) in [4.78, 5) is 14.5.